The van der Waals surface area contributed by atoms with Crippen LogP contribution in [0.15, 0.2) is 30.7 Å². The molecule has 2 aromatic rings. The van der Waals surface area contributed by atoms with Gasteiger partial charge in [0.1, 0.15) is 42.0 Å². The van der Waals surface area contributed by atoms with Crippen LogP contribution >= 0.6 is 0 Å². The molecule has 0 unspecified atom stereocenters. The average molecular weight is 508 g/mol. The number of ether oxygens (including phenoxy) is 3. The summed E-state index contributed by atoms with van der Waals surface area (Å²) in [5.74, 6) is -0.849. The van der Waals surface area contributed by atoms with E-state index in [4.69, 9.17) is 14.2 Å². The molecule has 2 heterocycles. The van der Waals surface area contributed by atoms with Crippen LogP contribution in [0.25, 0.3) is 0 Å². The van der Waals surface area contributed by atoms with Crippen molar-refractivity contribution in [3.05, 3.63) is 64.5 Å². The molecule has 0 saturated heterocycles. The normalized spacial score (nSPS) is 14.1. The molecular weight excluding hydrogens is 481 g/mol. The minimum absolute atomic E-state index is 0.0674. The number of aromatic nitrogens is 2. The van der Waals surface area contributed by atoms with Crippen molar-refractivity contribution in [2.24, 2.45) is 0 Å². The van der Waals surface area contributed by atoms with Crippen molar-refractivity contribution in [2.45, 2.75) is 46.2 Å². The molecule has 12 heteroatoms. The number of carbonyl (C=O) groups excluding carboxylic acids is 2. The standard InChI is InChI=1S/C24H27F3N4O5/c1-6-34-18(32)12-31(5)22(33)20-19(23-35-10-11-36-23)21(30-15(4)29-20)28-14(3)16-8-7-9-17(13(16)2)24(25,26)27/h7-11,14,23H,6,12H2,1-5H3,(H,28,29,30)/t14-/m1/s1. The van der Waals surface area contributed by atoms with Crippen LogP contribution in [0.2, 0.25) is 0 Å². The van der Waals surface area contributed by atoms with E-state index in [1.54, 1.807) is 26.8 Å². The van der Waals surface area contributed by atoms with Crippen LogP contribution in [-0.2, 0) is 25.2 Å². The van der Waals surface area contributed by atoms with Crippen LogP contribution in [-0.4, -0.2) is 46.9 Å². The number of anilines is 1. The van der Waals surface area contributed by atoms with Crippen LogP contribution < -0.4 is 5.32 Å². The number of halogens is 3. The summed E-state index contributed by atoms with van der Waals surface area (Å²) in [6, 6.07) is 3.30. The largest absolute Gasteiger partial charge is 0.465 e. The van der Waals surface area contributed by atoms with Gasteiger partial charge in [-0.15, -0.1) is 0 Å². The molecule has 1 atom stereocenters. The quantitative estimate of drug-likeness (QED) is 0.523. The van der Waals surface area contributed by atoms with Crippen LogP contribution in [0, 0.1) is 13.8 Å². The Morgan fingerprint density at radius 2 is 1.86 bits per heavy atom. The molecule has 0 spiro atoms. The highest BCUT2D eigenvalue weighted by Crippen LogP contribution is 2.37. The van der Waals surface area contributed by atoms with Gasteiger partial charge in [-0.2, -0.15) is 13.2 Å². The lowest BCUT2D eigenvalue weighted by molar-refractivity contribution is -0.143. The maximum atomic E-state index is 13.4. The molecule has 0 bridgehead atoms. The molecule has 0 fully saturated rings. The number of aryl methyl sites for hydroxylation is 1. The fourth-order valence-corrected chi connectivity index (χ4v) is 3.82. The van der Waals surface area contributed by atoms with E-state index in [1.165, 1.54) is 32.6 Å². The molecule has 1 aliphatic rings. The van der Waals surface area contributed by atoms with E-state index in [1.807, 2.05) is 0 Å². The maximum Gasteiger partial charge on any atom is 0.416 e. The van der Waals surface area contributed by atoms with Crippen molar-refractivity contribution in [2.75, 3.05) is 25.5 Å². The third kappa shape index (κ3) is 5.86. The third-order valence-corrected chi connectivity index (χ3v) is 5.47. The molecule has 0 saturated carbocycles. The lowest BCUT2D eigenvalue weighted by atomic mass is 9.97. The van der Waals surface area contributed by atoms with Gasteiger partial charge in [0, 0.05) is 7.05 Å². The minimum Gasteiger partial charge on any atom is -0.465 e. The number of rotatable bonds is 8. The summed E-state index contributed by atoms with van der Waals surface area (Å²) >= 11 is 0. The number of nitrogens with zero attached hydrogens (tertiary/aromatic N) is 3. The SMILES string of the molecule is CCOC(=O)CN(C)C(=O)c1nc(C)nc(N[C@H](C)c2cccc(C(F)(F)F)c2C)c1C1OC=CO1. The highest BCUT2D eigenvalue weighted by atomic mass is 19.4. The van der Waals surface area contributed by atoms with Crippen LogP contribution in [0.5, 0.6) is 0 Å². The number of amides is 1. The van der Waals surface area contributed by atoms with Gasteiger partial charge in [0.25, 0.3) is 12.2 Å². The van der Waals surface area contributed by atoms with Crippen molar-refractivity contribution in [1.29, 1.82) is 0 Å². The molecule has 0 radical (unpaired) electrons. The fourth-order valence-electron chi connectivity index (χ4n) is 3.82. The van der Waals surface area contributed by atoms with Gasteiger partial charge in [-0.25, -0.2) is 9.97 Å². The smallest absolute Gasteiger partial charge is 0.416 e. The van der Waals surface area contributed by atoms with E-state index in [9.17, 15) is 22.8 Å². The zero-order valence-corrected chi connectivity index (χ0v) is 20.5. The first-order valence-corrected chi connectivity index (χ1v) is 11.1. The van der Waals surface area contributed by atoms with E-state index in [-0.39, 0.29) is 41.6 Å². The summed E-state index contributed by atoms with van der Waals surface area (Å²) in [5, 5.41) is 3.09. The summed E-state index contributed by atoms with van der Waals surface area (Å²) < 4.78 is 56.1. The Morgan fingerprint density at radius 3 is 2.47 bits per heavy atom. The molecule has 3 rings (SSSR count). The van der Waals surface area contributed by atoms with Crippen molar-refractivity contribution in [3.63, 3.8) is 0 Å². The number of carbonyl (C=O) groups is 2. The zero-order chi connectivity index (χ0) is 26.6. The Hall–Kier alpha value is -3.83. The summed E-state index contributed by atoms with van der Waals surface area (Å²) in [6.07, 6.45) is -3.02. The van der Waals surface area contributed by atoms with Crippen molar-refractivity contribution in [3.8, 4) is 0 Å². The van der Waals surface area contributed by atoms with E-state index in [0.717, 1.165) is 11.0 Å². The van der Waals surface area contributed by atoms with Crippen molar-refractivity contribution >= 4 is 17.7 Å². The zero-order valence-electron chi connectivity index (χ0n) is 20.5. The first kappa shape index (κ1) is 26.8. The van der Waals surface area contributed by atoms with Crippen LogP contribution in [0.1, 0.15) is 64.7 Å². The second kappa shape index (κ2) is 10.8. The Morgan fingerprint density at radius 1 is 1.19 bits per heavy atom. The Labute approximate surface area is 206 Å². The molecule has 1 aromatic carbocycles. The van der Waals surface area contributed by atoms with E-state index >= 15 is 0 Å². The van der Waals surface area contributed by atoms with Crippen molar-refractivity contribution < 1.29 is 37.0 Å². The monoisotopic (exact) mass is 508 g/mol. The molecule has 194 valence electrons. The highest BCUT2D eigenvalue weighted by molar-refractivity contribution is 5.96. The topological polar surface area (TPSA) is 103 Å². The predicted molar refractivity (Wildman–Crippen MR) is 123 cm³/mol. The second-order valence-electron chi connectivity index (χ2n) is 8.11. The number of alkyl halides is 3. The van der Waals surface area contributed by atoms with E-state index in [0.29, 0.717) is 5.56 Å². The molecule has 1 amide bonds. The van der Waals surface area contributed by atoms with Gasteiger partial charge >= 0.3 is 12.1 Å². The molecule has 36 heavy (non-hydrogen) atoms. The lowest BCUT2D eigenvalue weighted by Gasteiger charge is -2.25. The van der Waals surface area contributed by atoms with Gasteiger partial charge in [-0.1, -0.05) is 12.1 Å². The first-order valence-electron chi connectivity index (χ1n) is 11.1. The average Bonchev–Trinajstić information content (AvgIpc) is 3.32. The number of likely N-dealkylation sites (N-methyl/N-ethyl adjacent to an activating group) is 1. The number of benzene rings is 1. The van der Waals surface area contributed by atoms with Crippen molar-refractivity contribution in [1.82, 2.24) is 14.9 Å². The number of hydrogen-bond donors (Lipinski definition) is 1. The van der Waals surface area contributed by atoms with E-state index < -0.39 is 35.9 Å². The summed E-state index contributed by atoms with van der Waals surface area (Å²) in [6.45, 7) is 6.13. The number of hydrogen-bond acceptors (Lipinski definition) is 8. The Balaban J connectivity index is 2.02. The number of nitrogens with one attached hydrogen (secondary N) is 1. The Kier molecular flexibility index (Phi) is 8.06. The maximum absolute atomic E-state index is 13.4. The van der Waals surface area contributed by atoms with Gasteiger partial charge in [-0.05, 0) is 44.9 Å². The summed E-state index contributed by atoms with van der Waals surface area (Å²) in [4.78, 5) is 35.0. The minimum atomic E-state index is -4.50. The lowest BCUT2D eigenvalue weighted by Crippen LogP contribution is -2.35. The molecule has 1 N–H and O–H groups in total. The second-order valence-corrected chi connectivity index (χ2v) is 8.11. The molecule has 0 aliphatic carbocycles. The van der Waals surface area contributed by atoms with Gasteiger partial charge in [0.2, 0.25) is 0 Å². The van der Waals surface area contributed by atoms with Gasteiger partial charge in [0.15, 0.2) is 0 Å². The highest BCUT2D eigenvalue weighted by Gasteiger charge is 2.35. The van der Waals surface area contributed by atoms with Gasteiger partial charge in [-0.3, -0.25) is 9.59 Å². The first-order chi connectivity index (χ1) is 16.9. The van der Waals surface area contributed by atoms with Crippen LogP contribution in [0.3, 0.4) is 0 Å². The molecule has 1 aromatic heterocycles. The molecule has 1 aliphatic heterocycles. The van der Waals surface area contributed by atoms with Gasteiger partial charge < -0.3 is 24.4 Å². The van der Waals surface area contributed by atoms with E-state index in [2.05, 4.69) is 15.3 Å². The summed E-state index contributed by atoms with van der Waals surface area (Å²) in [7, 11) is 1.41. The van der Waals surface area contributed by atoms with Crippen LogP contribution in [0.4, 0.5) is 19.0 Å². The summed E-state index contributed by atoms with van der Waals surface area (Å²) in [5.41, 5.74) is -0.222. The third-order valence-electron chi connectivity index (χ3n) is 5.47. The Bertz CT molecular complexity index is 1160. The predicted octanol–water partition coefficient (Wildman–Crippen LogP) is 4.44. The molecule has 9 nitrogen and oxygen atoms in total. The number of esters is 1. The molecular formula is C24H27F3N4O5. The van der Waals surface area contributed by atoms with Gasteiger partial charge in [0.05, 0.1) is 18.2 Å². The fraction of sp³-hybridized carbons (Fsp3) is 0.417.